The zero-order valence-electron chi connectivity index (χ0n) is 11.0. The molecule has 6 heteroatoms. The summed E-state index contributed by atoms with van der Waals surface area (Å²) in [7, 11) is 0. The number of nitrogen functional groups attached to an aromatic ring is 1. The molecule has 3 rings (SSSR count). The normalized spacial score (nSPS) is 10.8. The summed E-state index contributed by atoms with van der Waals surface area (Å²) in [6.07, 6.45) is 1.69. The lowest BCUT2D eigenvalue weighted by atomic mass is 10.1. The minimum absolute atomic E-state index is 0.0816. The van der Waals surface area contributed by atoms with Crippen LogP contribution < -0.4 is 11.1 Å². The number of hydrogen-bond acceptors (Lipinski definition) is 4. The number of rotatable bonds is 3. The highest BCUT2D eigenvalue weighted by Crippen LogP contribution is 2.20. The largest absolute Gasteiger partial charge is 0.381 e. The number of anilines is 2. The molecule has 0 radical (unpaired) electrons. The number of nitrogens with two attached hydrogens (primary N) is 1. The van der Waals surface area contributed by atoms with Crippen molar-refractivity contribution in [3.8, 4) is 0 Å². The minimum atomic E-state index is -0.870. The fourth-order valence-electron chi connectivity index (χ4n) is 2.09. The molecule has 3 N–H and O–H groups in total. The molecule has 1 aromatic carbocycles. The van der Waals surface area contributed by atoms with Gasteiger partial charge < -0.3 is 11.1 Å². The Kier molecular flexibility index (Phi) is 3.35. The predicted octanol–water partition coefficient (Wildman–Crippen LogP) is 3.10. The molecule has 0 unspecified atom stereocenters. The van der Waals surface area contributed by atoms with E-state index in [0.717, 1.165) is 16.5 Å². The zero-order valence-corrected chi connectivity index (χ0v) is 11.0. The minimum Gasteiger partial charge on any atom is -0.381 e. The zero-order chi connectivity index (χ0) is 14.8. The van der Waals surface area contributed by atoms with E-state index >= 15 is 0 Å². The van der Waals surface area contributed by atoms with Gasteiger partial charge in [0.25, 0.3) is 0 Å². The molecule has 0 atom stereocenters. The van der Waals surface area contributed by atoms with Crippen molar-refractivity contribution in [3.63, 3.8) is 0 Å². The van der Waals surface area contributed by atoms with Crippen LogP contribution in [-0.2, 0) is 6.54 Å². The van der Waals surface area contributed by atoms with Crippen LogP contribution in [0, 0.1) is 11.6 Å². The van der Waals surface area contributed by atoms with Crippen LogP contribution in [0.1, 0.15) is 5.56 Å². The van der Waals surface area contributed by atoms with Gasteiger partial charge in [-0.1, -0.05) is 24.3 Å². The molecule has 0 amide bonds. The molecule has 0 spiro atoms. The SMILES string of the molecule is Nc1nc(NCc2cccc3cccnc23)c(F)cc1F. The molecule has 0 saturated carbocycles. The van der Waals surface area contributed by atoms with E-state index in [1.165, 1.54) is 0 Å². The first kappa shape index (κ1) is 13.2. The molecule has 0 bridgehead atoms. The van der Waals surface area contributed by atoms with E-state index in [4.69, 9.17) is 5.73 Å². The maximum atomic E-state index is 13.6. The Bertz CT molecular complexity index is 800. The summed E-state index contributed by atoms with van der Waals surface area (Å²) in [5, 5.41) is 3.81. The second-order valence-electron chi connectivity index (χ2n) is 4.53. The first-order valence-corrected chi connectivity index (χ1v) is 6.33. The van der Waals surface area contributed by atoms with Crippen LogP contribution in [-0.4, -0.2) is 9.97 Å². The van der Waals surface area contributed by atoms with Crippen LogP contribution in [0.2, 0.25) is 0 Å². The molecular formula is C15H12F2N4. The first-order chi connectivity index (χ1) is 10.1. The molecule has 0 aliphatic carbocycles. The Hall–Kier alpha value is -2.76. The van der Waals surface area contributed by atoms with Gasteiger partial charge in [0.1, 0.15) is 0 Å². The molecule has 0 aliphatic rings. The second kappa shape index (κ2) is 5.32. The third-order valence-electron chi connectivity index (χ3n) is 3.12. The monoisotopic (exact) mass is 286 g/mol. The molecular weight excluding hydrogens is 274 g/mol. The second-order valence-corrected chi connectivity index (χ2v) is 4.53. The molecule has 2 heterocycles. The van der Waals surface area contributed by atoms with Crippen molar-refractivity contribution in [3.05, 3.63) is 59.8 Å². The van der Waals surface area contributed by atoms with Gasteiger partial charge in [0.2, 0.25) is 0 Å². The third-order valence-corrected chi connectivity index (χ3v) is 3.12. The van der Waals surface area contributed by atoms with Gasteiger partial charge in [-0.15, -0.1) is 0 Å². The van der Waals surface area contributed by atoms with E-state index in [0.29, 0.717) is 12.6 Å². The summed E-state index contributed by atoms with van der Waals surface area (Å²) in [5.74, 6) is -2.07. The Morgan fingerprint density at radius 3 is 2.76 bits per heavy atom. The van der Waals surface area contributed by atoms with E-state index in [2.05, 4.69) is 15.3 Å². The van der Waals surface area contributed by atoms with E-state index in [1.807, 2.05) is 30.3 Å². The summed E-state index contributed by atoms with van der Waals surface area (Å²) in [6.45, 7) is 0.309. The smallest absolute Gasteiger partial charge is 0.168 e. The number of benzene rings is 1. The van der Waals surface area contributed by atoms with Crippen molar-refractivity contribution in [1.82, 2.24) is 9.97 Å². The number of pyridine rings is 2. The van der Waals surface area contributed by atoms with Crippen molar-refractivity contribution in [2.24, 2.45) is 0 Å². The molecule has 0 aliphatic heterocycles. The van der Waals surface area contributed by atoms with Crippen LogP contribution in [0.5, 0.6) is 0 Å². The molecule has 0 fully saturated rings. The average Bonchev–Trinajstić information content (AvgIpc) is 2.49. The van der Waals surface area contributed by atoms with Gasteiger partial charge in [-0.05, 0) is 11.6 Å². The molecule has 0 saturated heterocycles. The fraction of sp³-hybridized carbons (Fsp3) is 0.0667. The van der Waals surface area contributed by atoms with Crippen molar-refractivity contribution < 1.29 is 8.78 Å². The van der Waals surface area contributed by atoms with E-state index in [9.17, 15) is 8.78 Å². The Morgan fingerprint density at radius 2 is 1.90 bits per heavy atom. The molecule has 2 aromatic heterocycles. The van der Waals surface area contributed by atoms with Gasteiger partial charge in [0.15, 0.2) is 23.3 Å². The number of nitrogens with zero attached hydrogens (tertiary/aromatic N) is 2. The van der Waals surface area contributed by atoms with Crippen LogP contribution in [0.3, 0.4) is 0 Å². The van der Waals surface area contributed by atoms with Crippen molar-refractivity contribution in [2.75, 3.05) is 11.1 Å². The van der Waals surface area contributed by atoms with Gasteiger partial charge >= 0.3 is 0 Å². The number of nitrogens with one attached hydrogen (secondary N) is 1. The van der Waals surface area contributed by atoms with Crippen molar-refractivity contribution >= 4 is 22.5 Å². The third kappa shape index (κ3) is 2.60. The van der Waals surface area contributed by atoms with E-state index < -0.39 is 11.6 Å². The highest BCUT2D eigenvalue weighted by Gasteiger charge is 2.10. The number of hydrogen-bond donors (Lipinski definition) is 2. The van der Waals surface area contributed by atoms with Gasteiger partial charge in [-0.25, -0.2) is 13.8 Å². The molecule has 106 valence electrons. The van der Waals surface area contributed by atoms with Crippen LogP contribution in [0.15, 0.2) is 42.6 Å². The topological polar surface area (TPSA) is 63.8 Å². The highest BCUT2D eigenvalue weighted by molar-refractivity contribution is 5.81. The van der Waals surface area contributed by atoms with Crippen LogP contribution >= 0.6 is 0 Å². The summed E-state index contributed by atoms with van der Waals surface area (Å²) in [4.78, 5) is 7.97. The lowest BCUT2D eigenvalue weighted by Crippen LogP contribution is -2.07. The lowest BCUT2D eigenvalue weighted by molar-refractivity contribution is 0.579. The van der Waals surface area contributed by atoms with Crippen LogP contribution in [0.25, 0.3) is 10.9 Å². The van der Waals surface area contributed by atoms with Gasteiger partial charge in [0.05, 0.1) is 5.52 Å². The maximum Gasteiger partial charge on any atom is 0.168 e. The number of fused-ring (bicyclic) bond motifs is 1. The lowest BCUT2D eigenvalue weighted by Gasteiger charge is -2.09. The van der Waals surface area contributed by atoms with Crippen molar-refractivity contribution in [2.45, 2.75) is 6.54 Å². The quantitative estimate of drug-likeness (QED) is 0.776. The predicted molar refractivity (Wildman–Crippen MR) is 77.6 cm³/mol. The standard InChI is InChI=1S/C15H12F2N4/c16-11-7-12(17)15(21-14(11)18)20-8-10-4-1-3-9-5-2-6-19-13(9)10/h1-7H,8H2,(H3,18,20,21). The highest BCUT2D eigenvalue weighted by atomic mass is 19.1. The number of aromatic nitrogens is 2. The average molecular weight is 286 g/mol. The van der Waals surface area contributed by atoms with E-state index in [1.54, 1.807) is 6.20 Å². The summed E-state index contributed by atoms with van der Waals surface area (Å²) >= 11 is 0. The van der Waals surface area contributed by atoms with E-state index in [-0.39, 0.29) is 11.6 Å². The fourth-order valence-corrected chi connectivity index (χ4v) is 2.09. The summed E-state index contributed by atoms with van der Waals surface area (Å²) in [5.41, 5.74) is 7.05. The molecule has 21 heavy (non-hydrogen) atoms. The summed E-state index contributed by atoms with van der Waals surface area (Å²) in [6, 6.07) is 10.2. The molecule has 3 aromatic rings. The number of halogens is 2. The van der Waals surface area contributed by atoms with Crippen molar-refractivity contribution in [1.29, 1.82) is 0 Å². The summed E-state index contributed by atoms with van der Waals surface area (Å²) < 4.78 is 26.7. The Morgan fingerprint density at radius 1 is 1.10 bits per heavy atom. The van der Waals surface area contributed by atoms with Crippen LogP contribution in [0.4, 0.5) is 20.4 Å². The first-order valence-electron chi connectivity index (χ1n) is 6.33. The number of para-hydroxylation sites is 1. The van der Waals surface area contributed by atoms with Gasteiger partial charge in [0, 0.05) is 24.2 Å². The van der Waals surface area contributed by atoms with Gasteiger partial charge in [-0.2, -0.15) is 0 Å². The Balaban J connectivity index is 1.89. The van der Waals surface area contributed by atoms with Gasteiger partial charge in [-0.3, -0.25) is 4.98 Å². The Labute approximate surface area is 119 Å². The maximum absolute atomic E-state index is 13.6. The molecule has 4 nitrogen and oxygen atoms in total.